The second kappa shape index (κ2) is 5.58. The predicted molar refractivity (Wildman–Crippen MR) is 63.9 cm³/mol. The van der Waals surface area contributed by atoms with Gasteiger partial charge < -0.3 is 9.63 Å². The van der Waals surface area contributed by atoms with E-state index in [4.69, 9.17) is 9.63 Å². The highest BCUT2D eigenvalue weighted by Gasteiger charge is 2.10. The molecule has 0 saturated heterocycles. The van der Waals surface area contributed by atoms with Gasteiger partial charge in [0.25, 0.3) is 0 Å². The molecule has 0 bridgehead atoms. The lowest BCUT2D eigenvalue weighted by Gasteiger charge is -1.93. The molecular formula is C10H10N4O3S. The van der Waals surface area contributed by atoms with Gasteiger partial charge in [-0.25, -0.2) is 9.97 Å². The highest BCUT2D eigenvalue weighted by atomic mass is 32.2. The van der Waals surface area contributed by atoms with Crippen LogP contribution in [-0.4, -0.2) is 36.9 Å². The standard InChI is InChI=1S/C10H10N4O3S/c1-6-11-3-2-7(12-6)10-13-8(17-14-10)4-18-5-9(15)16/h2-3H,4-5H2,1H3,(H,15,16). The zero-order valence-corrected chi connectivity index (χ0v) is 10.3. The minimum absolute atomic E-state index is 0.00429. The van der Waals surface area contributed by atoms with E-state index in [2.05, 4.69) is 20.1 Å². The molecule has 0 aliphatic heterocycles. The lowest BCUT2D eigenvalue weighted by Crippen LogP contribution is -1.98. The Hall–Kier alpha value is -1.96. The molecule has 0 aliphatic carbocycles. The van der Waals surface area contributed by atoms with Gasteiger partial charge in [-0.05, 0) is 13.0 Å². The molecular weight excluding hydrogens is 256 g/mol. The summed E-state index contributed by atoms with van der Waals surface area (Å²) in [6.07, 6.45) is 1.62. The first-order valence-corrected chi connectivity index (χ1v) is 6.23. The number of aromatic nitrogens is 4. The summed E-state index contributed by atoms with van der Waals surface area (Å²) in [6.45, 7) is 1.77. The highest BCUT2D eigenvalue weighted by Crippen LogP contribution is 2.15. The van der Waals surface area contributed by atoms with Crippen LogP contribution in [0.2, 0.25) is 0 Å². The van der Waals surface area contributed by atoms with Crippen molar-refractivity contribution in [3.63, 3.8) is 0 Å². The largest absolute Gasteiger partial charge is 0.481 e. The molecule has 8 heteroatoms. The molecule has 0 radical (unpaired) electrons. The van der Waals surface area contributed by atoms with Crippen LogP contribution in [0.3, 0.4) is 0 Å². The van der Waals surface area contributed by atoms with E-state index in [-0.39, 0.29) is 5.75 Å². The Balaban J connectivity index is 2.04. The van der Waals surface area contributed by atoms with Crippen LogP contribution in [0.4, 0.5) is 0 Å². The van der Waals surface area contributed by atoms with Gasteiger partial charge in [0.1, 0.15) is 11.5 Å². The minimum atomic E-state index is -0.869. The Morgan fingerprint density at radius 3 is 3.06 bits per heavy atom. The molecule has 0 fully saturated rings. The van der Waals surface area contributed by atoms with Crippen molar-refractivity contribution in [1.29, 1.82) is 0 Å². The molecule has 0 amide bonds. The molecule has 0 aliphatic rings. The third kappa shape index (κ3) is 3.27. The first-order valence-electron chi connectivity index (χ1n) is 5.07. The molecule has 0 saturated carbocycles. The van der Waals surface area contributed by atoms with Crippen LogP contribution in [0, 0.1) is 6.92 Å². The molecule has 1 N–H and O–H groups in total. The minimum Gasteiger partial charge on any atom is -0.481 e. The fourth-order valence-corrected chi connectivity index (χ4v) is 1.79. The molecule has 2 heterocycles. The number of hydrogen-bond donors (Lipinski definition) is 1. The van der Waals surface area contributed by atoms with Gasteiger partial charge in [-0.3, -0.25) is 4.79 Å². The van der Waals surface area contributed by atoms with Crippen LogP contribution < -0.4 is 0 Å². The van der Waals surface area contributed by atoms with E-state index >= 15 is 0 Å². The van der Waals surface area contributed by atoms with Gasteiger partial charge in [0.05, 0.1) is 11.5 Å². The summed E-state index contributed by atoms with van der Waals surface area (Å²) in [5, 5.41) is 12.3. The summed E-state index contributed by atoms with van der Waals surface area (Å²) in [6, 6.07) is 1.69. The summed E-state index contributed by atoms with van der Waals surface area (Å²) in [4.78, 5) is 22.6. The monoisotopic (exact) mass is 266 g/mol. The Morgan fingerprint density at radius 2 is 2.33 bits per heavy atom. The lowest BCUT2D eigenvalue weighted by atomic mass is 10.4. The van der Waals surface area contributed by atoms with Crippen molar-refractivity contribution in [1.82, 2.24) is 20.1 Å². The van der Waals surface area contributed by atoms with Crippen LogP contribution in [0.25, 0.3) is 11.5 Å². The fraction of sp³-hybridized carbons (Fsp3) is 0.300. The summed E-state index contributed by atoms with van der Waals surface area (Å²) >= 11 is 1.20. The number of aryl methyl sites for hydroxylation is 1. The maximum Gasteiger partial charge on any atom is 0.313 e. The third-order valence-electron chi connectivity index (χ3n) is 1.92. The average molecular weight is 266 g/mol. The number of carboxylic acid groups (broad SMARTS) is 1. The van der Waals surface area contributed by atoms with E-state index in [9.17, 15) is 4.79 Å². The van der Waals surface area contributed by atoms with E-state index in [0.717, 1.165) is 0 Å². The van der Waals surface area contributed by atoms with Crippen LogP contribution in [0.1, 0.15) is 11.7 Å². The smallest absolute Gasteiger partial charge is 0.313 e. The molecule has 94 valence electrons. The Kier molecular flexibility index (Phi) is 3.88. The zero-order chi connectivity index (χ0) is 13.0. The molecule has 0 aromatic carbocycles. The first-order chi connectivity index (χ1) is 8.65. The van der Waals surface area contributed by atoms with Crippen LogP contribution in [-0.2, 0) is 10.5 Å². The van der Waals surface area contributed by atoms with Gasteiger partial charge in [-0.1, -0.05) is 5.16 Å². The Labute approximate surface area is 107 Å². The van der Waals surface area contributed by atoms with Gasteiger partial charge in [0, 0.05) is 6.20 Å². The van der Waals surface area contributed by atoms with Crippen LogP contribution >= 0.6 is 11.8 Å². The predicted octanol–water partition coefficient (Wildman–Crippen LogP) is 1.15. The summed E-state index contributed by atoms with van der Waals surface area (Å²) in [5.74, 6) is 0.887. The van der Waals surface area contributed by atoms with Gasteiger partial charge in [0.15, 0.2) is 0 Å². The van der Waals surface area contributed by atoms with E-state index in [1.54, 1.807) is 19.2 Å². The molecule has 2 rings (SSSR count). The second-order valence-corrected chi connectivity index (χ2v) is 4.37. The Morgan fingerprint density at radius 1 is 1.50 bits per heavy atom. The number of carbonyl (C=O) groups is 1. The molecule has 2 aromatic rings. The summed E-state index contributed by atoms with van der Waals surface area (Å²) in [7, 11) is 0. The van der Waals surface area contributed by atoms with Gasteiger partial charge in [-0.2, -0.15) is 4.98 Å². The fourth-order valence-electron chi connectivity index (χ4n) is 1.22. The second-order valence-electron chi connectivity index (χ2n) is 3.39. The quantitative estimate of drug-likeness (QED) is 0.859. The Bertz CT molecular complexity index is 558. The SMILES string of the molecule is Cc1nccc(-c2noc(CSCC(=O)O)n2)n1. The first kappa shape index (κ1) is 12.5. The summed E-state index contributed by atoms with van der Waals surface area (Å²) < 4.78 is 5.01. The lowest BCUT2D eigenvalue weighted by molar-refractivity contribution is -0.133. The van der Waals surface area contributed by atoms with E-state index in [0.29, 0.717) is 29.0 Å². The van der Waals surface area contributed by atoms with E-state index in [1.165, 1.54) is 11.8 Å². The number of hydrogen-bond acceptors (Lipinski definition) is 7. The molecule has 0 atom stereocenters. The van der Waals surface area contributed by atoms with Crippen molar-refractivity contribution in [2.45, 2.75) is 12.7 Å². The van der Waals surface area contributed by atoms with Crippen molar-refractivity contribution in [2.24, 2.45) is 0 Å². The molecule has 18 heavy (non-hydrogen) atoms. The van der Waals surface area contributed by atoms with E-state index in [1.807, 2.05) is 0 Å². The molecule has 0 spiro atoms. The number of rotatable bonds is 5. The number of nitrogens with zero attached hydrogens (tertiary/aromatic N) is 4. The number of carboxylic acids is 1. The van der Waals surface area contributed by atoms with Crippen molar-refractivity contribution in [2.75, 3.05) is 5.75 Å². The van der Waals surface area contributed by atoms with Crippen molar-refractivity contribution in [3.05, 3.63) is 24.0 Å². The topological polar surface area (TPSA) is 102 Å². The van der Waals surface area contributed by atoms with Crippen molar-refractivity contribution >= 4 is 17.7 Å². The molecule has 0 unspecified atom stereocenters. The van der Waals surface area contributed by atoms with Crippen molar-refractivity contribution in [3.8, 4) is 11.5 Å². The van der Waals surface area contributed by atoms with Gasteiger partial charge >= 0.3 is 5.97 Å². The highest BCUT2D eigenvalue weighted by molar-refractivity contribution is 7.99. The maximum absolute atomic E-state index is 10.3. The van der Waals surface area contributed by atoms with Crippen LogP contribution in [0.5, 0.6) is 0 Å². The number of thioether (sulfide) groups is 1. The average Bonchev–Trinajstić information content (AvgIpc) is 2.77. The zero-order valence-electron chi connectivity index (χ0n) is 9.53. The maximum atomic E-state index is 10.3. The third-order valence-corrected chi connectivity index (χ3v) is 2.83. The molecule has 7 nitrogen and oxygen atoms in total. The van der Waals surface area contributed by atoms with Crippen molar-refractivity contribution < 1.29 is 14.4 Å². The van der Waals surface area contributed by atoms with E-state index < -0.39 is 5.97 Å². The summed E-state index contributed by atoms with van der Waals surface area (Å²) in [5.41, 5.74) is 0.584. The van der Waals surface area contributed by atoms with Gasteiger partial charge in [0.2, 0.25) is 11.7 Å². The molecule has 2 aromatic heterocycles. The normalized spacial score (nSPS) is 10.5. The number of aliphatic carboxylic acids is 1. The van der Waals surface area contributed by atoms with Gasteiger partial charge in [-0.15, -0.1) is 11.8 Å². The van der Waals surface area contributed by atoms with Crippen LogP contribution in [0.15, 0.2) is 16.8 Å².